The fourth-order valence-electron chi connectivity index (χ4n) is 4.17. The number of nitro benzene ring substituents is 1. The molecular formula is C21H20N4O6S2. The molecule has 0 saturated carbocycles. The molecule has 0 spiro atoms. The van der Waals surface area contributed by atoms with Crippen LogP contribution in [-0.4, -0.2) is 53.1 Å². The SMILES string of the molecule is C[C@@H](O)[C@H]1C(=O)N2C(C(=O)OCc3ccc([N+](=O)[O-])cc3)=C(SC3Cc4nccn4C3)S[C@H]12. The highest BCUT2D eigenvalue weighted by Crippen LogP contribution is 2.55. The van der Waals surface area contributed by atoms with Crippen LogP contribution in [0.25, 0.3) is 0 Å². The fraction of sp³-hybridized carbons (Fsp3) is 0.381. The second kappa shape index (κ2) is 8.50. The first-order chi connectivity index (χ1) is 15.8. The maximum atomic E-state index is 13.1. The Morgan fingerprint density at radius 3 is 2.85 bits per heavy atom. The lowest BCUT2D eigenvalue weighted by Crippen LogP contribution is -2.60. The Kier molecular flexibility index (Phi) is 5.67. The number of aliphatic hydroxyl groups excluding tert-OH is 1. The first-order valence-electron chi connectivity index (χ1n) is 10.3. The van der Waals surface area contributed by atoms with Crippen LogP contribution in [0.2, 0.25) is 0 Å². The number of esters is 1. The molecule has 1 N–H and O–H groups in total. The van der Waals surface area contributed by atoms with E-state index in [4.69, 9.17) is 4.74 Å². The number of nitro groups is 1. The van der Waals surface area contributed by atoms with Crippen molar-refractivity contribution in [3.05, 3.63) is 68.1 Å². The third-order valence-corrected chi connectivity index (χ3v) is 8.65. The van der Waals surface area contributed by atoms with Crippen LogP contribution in [0.5, 0.6) is 0 Å². The van der Waals surface area contributed by atoms with Crippen molar-refractivity contribution < 1.29 is 24.4 Å². The van der Waals surface area contributed by atoms with Gasteiger partial charge in [-0.15, -0.1) is 11.8 Å². The summed E-state index contributed by atoms with van der Waals surface area (Å²) in [6.45, 7) is 2.26. The molecule has 4 atom stereocenters. The van der Waals surface area contributed by atoms with E-state index in [9.17, 15) is 24.8 Å². The van der Waals surface area contributed by atoms with Gasteiger partial charge in [0.1, 0.15) is 17.8 Å². The number of thioether (sulfide) groups is 2. The van der Waals surface area contributed by atoms with E-state index in [1.165, 1.54) is 52.7 Å². The van der Waals surface area contributed by atoms with Crippen molar-refractivity contribution in [2.45, 2.75) is 43.2 Å². The number of carbonyl (C=O) groups is 2. The maximum absolute atomic E-state index is 13.1. The second-order valence-electron chi connectivity index (χ2n) is 8.06. The van der Waals surface area contributed by atoms with Crippen molar-refractivity contribution in [1.29, 1.82) is 0 Å². The summed E-state index contributed by atoms with van der Waals surface area (Å²) in [6, 6.07) is 5.75. The highest BCUT2D eigenvalue weighted by molar-refractivity contribution is 8.23. The molecule has 12 heteroatoms. The van der Waals surface area contributed by atoms with Gasteiger partial charge in [-0.3, -0.25) is 19.8 Å². The number of imidazole rings is 1. The summed E-state index contributed by atoms with van der Waals surface area (Å²) in [4.78, 5) is 41.9. The summed E-state index contributed by atoms with van der Waals surface area (Å²) in [5.41, 5.74) is 0.765. The Hall–Kier alpha value is -2.83. The topological polar surface area (TPSA) is 128 Å². The normalized spacial score (nSPS) is 24.4. The lowest BCUT2D eigenvalue weighted by Gasteiger charge is -2.43. The van der Waals surface area contributed by atoms with Crippen molar-refractivity contribution >= 4 is 41.1 Å². The Morgan fingerprint density at radius 2 is 2.18 bits per heavy atom. The number of aliphatic hydroxyl groups is 1. The molecule has 1 aromatic carbocycles. The third-order valence-electron chi connectivity index (χ3n) is 5.86. The standard InChI is InChI=1S/C21H20N4O6S2/c1-11(26)16-18(27)24-17(20(28)31-10-12-2-4-13(5-3-12)25(29)30)21(33-19(16)24)32-14-8-15-22-6-7-23(15)9-14/h2-7,11,14,16,19,26H,8-10H2,1H3/t11-,14?,16+,19-/m1/s1. The van der Waals surface area contributed by atoms with Crippen LogP contribution >= 0.6 is 23.5 Å². The molecule has 5 rings (SSSR count). The van der Waals surface area contributed by atoms with E-state index in [-0.39, 0.29) is 34.5 Å². The Balaban J connectivity index is 1.33. The monoisotopic (exact) mass is 488 g/mol. The van der Waals surface area contributed by atoms with E-state index < -0.39 is 22.9 Å². The van der Waals surface area contributed by atoms with Gasteiger partial charge in [0.05, 0.1) is 21.2 Å². The largest absolute Gasteiger partial charge is 0.456 e. The van der Waals surface area contributed by atoms with Gasteiger partial charge in [-0.05, 0) is 24.6 Å². The first-order valence-corrected chi connectivity index (χ1v) is 12.1. The number of fused-ring (bicyclic) bond motifs is 2. The van der Waals surface area contributed by atoms with Crippen LogP contribution in [0.15, 0.2) is 46.6 Å². The van der Waals surface area contributed by atoms with Crippen molar-refractivity contribution in [3.8, 4) is 0 Å². The van der Waals surface area contributed by atoms with Gasteiger partial charge in [-0.1, -0.05) is 11.8 Å². The molecule has 0 bridgehead atoms. The van der Waals surface area contributed by atoms with Crippen LogP contribution in [0, 0.1) is 16.0 Å². The molecule has 3 aliphatic heterocycles. The van der Waals surface area contributed by atoms with Crippen molar-refractivity contribution in [3.63, 3.8) is 0 Å². The van der Waals surface area contributed by atoms with Crippen LogP contribution in [0.3, 0.4) is 0 Å². The van der Waals surface area contributed by atoms with Gasteiger partial charge in [0, 0.05) is 42.7 Å². The van der Waals surface area contributed by atoms with Crippen molar-refractivity contribution in [2.75, 3.05) is 0 Å². The van der Waals surface area contributed by atoms with Gasteiger partial charge in [-0.25, -0.2) is 9.78 Å². The Labute approximate surface area is 197 Å². The first kappa shape index (κ1) is 22.0. The minimum atomic E-state index is -0.815. The van der Waals surface area contributed by atoms with Gasteiger partial charge in [-0.2, -0.15) is 0 Å². The zero-order valence-electron chi connectivity index (χ0n) is 17.5. The number of aromatic nitrogens is 2. The van der Waals surface area contributed by atoms with Gasteiger partial charge in [0.25, 0.3) is 5.69 Å². The number of non-ortho nitro benzene ring substituents is 1. The van der Waals surface area contributed by atoms with Crippen molar-refractivity contribution in [2.24, 2.45) is 5.92 Å². The second-order valence-corrected chi connectivity index (χ2v) is 10.8. The van der Waals surface area contributed by atoms with Crippen LogP contribution in [0.4, 0.5) is 5.69 Å². The number of amides is 1. The summed E-state index contributed by atoms with van der Waals surface area (Å²) in [6.07, 6.45) is 3.62. The number of hydrogen-bond acceptors (Lipinski definition) is 9. The molecule has 10 nitrogen and oxygen atoms in total. The van der Waals surface area contributed by atoms with Crippen LogP contribution in [-0.2, 0) is 33.9 Å². The molecule has 33 heavy (non-hydrogen) atoms. The molecule has 1 fully saturated rings. The number of carbonyl (C=O) groups excluding carboxylic acids is 2. The zero-order valence-corrected chi connectivity index (χ0v) is 19.1. The predicted octanol–water partition coefficient (Wildman–Crippen LogP) is 2.27. The average molecular weight is 489 g/mol. The number of hydrogen-bond donors (Lipinski definition) is 1. The van der Waals surface area contributed by atoms with E-state index in [1.54, 1.807) is 13.1 Å². The molecule has 1 unspecified atom stereocenters. The molecule has 0 radical (unpaired) electrons. The third kappa shape index (κ3) is 3.91. The highest BCUT2D eigenvalue weighted by Gasteiger charge is 2.58. The van der Waals surface area contributed by atoms with E-state index in [0.717, 1.165) is 18.8 Å². The Bertz CT molecular complexity index is 1140. The lowest BCUT2D eigenvalue weighted by molar-refractivity contribution is -0.384. The lowest BCUT2D eigenvalue weighted by atomic mass is 9.92. The molecular weight excluding hydrogens is 468 g/mol. The molecule has 1 amide bonds. The minimum Gasteiger partial charge on any atom is -0.456 e. The summed E-state index contributed by atoms with van der Waals surface area (Å²) in [5.74, 6) is -0.497. The fourth-order valence-corrected chi connectivity index (χ4v) is 7.48. The van der Waals surface area contributed by atoms with Crippen LogP contribution in [0.1, 0.15) is 18.3 Å². The number of nitrogens with zero attached hydrogens (tertiary/aromatic N) is 4. The summed E-state index contributed by atoms with van der Waals surface area (Å²) in [7, 11) is 0. The van der Waals surface area contributed by atoms with Gasteiger partial charge in [0.15, 0.2) is 5.70 Å². The van der Waals surface area contributed by atoms with E-state index in [0.29, 0.717) is 9.80 Å². The summed E-state index contributed by atoms with van der Waals surface area (Å²) >= 11 is 2.95. The van der Waals surface area contributed by atoms with E-state index in [2.05, 4.69) is 9.55 Å². The number of β-lactam (4-membered cyclic amide) rings is 1. The molecule has 1 aromatic heterocycles. The minimum absolute atomic E-state index is 0.0478. The molecule has 172 valence electrons. The van der Waals surface area contributed by atoms with E-state index in [1.807, 2.05) is 6.20 Å². The van der Waals surface area contributed by atoms with Gasteiger partial charge in [0.2, 0.25) is 5.91 Å². The summed E-state index contributed by atoms with van der Waals surface area (Å²) in [5, 5.41) is 20.7. The highest BCUT2D eigenvalue weighted by atomic mass is 32.2. The number of ether oxygens (including phenoxy) is 1. The summed E-state index contributed by atoms with van der Waals surface area (Å²) < 4.78 is 8.27. The van der Waals surface area contributed by atoms with Crippen molar-refractivity contribution in [1.82, 2.24) is 14.5 Å². The average Bonchev–Trinajstić information content (AvgIpc) is 3.44. The molecule has 3 aliphatic rings. The Morgan fingerprint density at radius 1 is 1.42 bits per heavy atom. The van der Waals surface area contributed by atoms with Gasteiger partial charge >= 0.3 is 5.97 Å². The van der Waals surface area contributed by atoms with Crippen LogP contribution < -0.4 is 0 Å². The van der Waals surface area contributed by atoms with E-state index >= 15 is 0 Å². The molecule has 2 aromatic rings. The smallest absolute Gasteiger partial charge is 0.357 e. The van der Waals surface area contributed by atoms with Gasteiger partial charge < -0.3 is 14.4 Å². The number of benzene rings is 1. The quantitative estimate of drug-likeness (QED) is 0.270. The molecule has 0 aliphatic carbocycles. The number of rotatable bonds is 7. The molecule has 4 heterocycles. The predicted molar refractivity (Wildman–Crippen MR) is 121 cm³/mol. The zero-order chi connectivity index (χ0) is 23.3. The maximum Gasteiger partial charge on any atom is 0.357 e. The molecule has 1 saturated heterocycles.